The number of amides is 7. The highest BCUT2D eigenvalue weighted by Crippen LogP contribution is 2.50. The number of aromatic hydroxyl groups is 3. The molecule has 7 aliphatic rings. The van der Waals surface area contributed by atoms with Crippen LogP contribution < -0.4 is 62.5 Å². The highest BCUT2D eigenvalue weighted by Gasteiger charge is 2.53. The van der Waals surface area contributed by atoms with Crippen molar-refractivity contribution in [3.63, 3.8) is 0 Å². The number of aryl methyl sites for hydroxylation is 3. The van der Waals surface area contributed by atoms with Crippen LogP contribution in [0.25, 0.3) is 22.3 Å². The molecule has 7 aliphatic heterocycles. The Kier molecular flexibility index (Phi) is 28.2. The van der Waals surface area contributed by atoms with E-state index in [9.17, 15) is 68.8 Å². The van der Waals surface area contributed by atoms with Crippen molar-refractivity contribution in [1.29, 1.82) is 0 Å². The molecule has 0 aliphatic carbocycles. The standard InChI is InChI=1S/C88H94Cl3N9O26S/c1-37(2)23-55(93-8)80(110)99-70-72(105)46-16-21-59(53(90)27-46)122-61-29-48-30-62(76(61)126-87-77(75(108)74(107)63(124-87)36-120-127(118,119)78-39(4)24-38(3)25-40(78)5)125-65-34-88(7,79(109)41(6)121-65)94-35-42-9-11-43(12-10-42)44-13-18-49(89)19-14-44)123-60-22-17-47(28-54(60)91)73(106)71-85(115)98-69(86(116)117)52-31-50(101)32-58(103)66(52)51-26-45(15-20-57(51)102)67(82(112)100-71)97-83(113)68(48)96-81(111)56(33-64(92)104)95-84(70)114/h9-22,24-32,37,41,55-56,63,65,67-75,77,79,87,93-94,101-103,105-109H,23,33-36H2,1-8H3,(H2,92,104)(H,95,114)(H,96,111)(H,97,113)(H,98,115)(H,99,110)(H,100,112)(H,116,117)/t41?,55-,56+,63?,65?,67-,68-,69-,70-,71+,72-,73-,74?,75?,77?,79?,87?,88?/m1/s1. The zero-order chi connectivity index (χ0) is 91.9. The van der Waals surface area contributed by atoms with E-state index in [1.165, 1.54) is 33.0 Å². The Bertz CT molecular complexity index is 5700. The number of phenols is 3. The zero-order valence-electron chi connectivity index (χ0n) is 69.3. The van der Waals surface area contributed by atoms with Gasteiger partial charge in [-0.1, -0.05) is 121 Å². The first-order valence-corrected chi connectivity index (χ1v) is 42.7. The van der Waals surface area contributed by atoms with Crippen LogP contribution in [0.5, 0.6) is 46.0 Å². The maximum Gasteiger partial charge on any atom is 0.330 e. The average Bonchev–Trinajstić information content (AvgIpc) is 0.762. The Morgan fingerprint density at radius 1 is 0.654 bits per heavy atom. The van der Waals surface area contributed by atoms with Crippen LogP contribution in [0.3, 0.4) is 0 Å². The predicted octanol–water partition coefficient (Wildman–Crippen LogP) is 6.60. The molecule has 15 rings (SSSR count). The number of primary amides is 1. The second-order valence-electron chi connectivity index (χ2n) is 32.5. The summed E-state index contributed by atoms with van der Waals surface area (Å²) in [6.45, 7) is 10.8. The van der Waals surface area contributed by atoms with Gasteiger partial charge in [-0.3, -0.25) is 37.7 Å². The Labute approximate surface area is 742 Å². The van der Waals surface area contributed by atoms with Crippen LogP contribution in [0, 0.1) is 26.7 Å². The van der Waals surface area contributed by atoms with Gasteiger partial charge in [0.15, 0.2) is 29.9 Å². The lowest BCUT2D eigenvalue weighted by atomic mass is 9.84. The van der Waals surface area contributed by atoms with Gasteiger partial charge in [0, 0.05) is 46.3 Å². The van der Waals surface area contributed by atoms with Gasteiger partial charge in [-0.05, 0) is 171 Å². The number of hydrogen-bond acceptors (Lipinski definition) is 27. The molecule has 8 aromatic carbocycles. The van der Waals surface area contributed by atoms with Gasteiger partial charge in [0.05, 0.1) is 46.2 Å². The number of aliphatic carboxylic acids is 1. The molecule has 35 nitrogen and oxygen atoms in total. The number of ether oxygens (including phenoxy) is 6. The van der Waals surface area contributed by atoms with E-state index in [2.05, 4.69) is 42.5 Å². The molecule has 0 radical (unpaired) electrons. The normalized spacial score (nSPS) is 25.9. The minimum atomic E-state index is -4.79. The maximum atomic E-state index is 16.4. The van der Waals surface area contributed by atoms with Gasteiger partial charge in [-0.2, -0.15) is 8.42 Å². The summed E-state index contributed by atoms with van der Waals surface area (Å²) in [7, 11) is -3.33. The molecular weight excluding hydrogens is 1740 g/mol. The molecule has 8 aromatic rings. The summed E-state index contributed by atoms with van der Waals surface area (Å²) in [5, 5.41) is 128. The fourth-order valence-electron chi connectivity index (χ4n) is 16.2. The molecule has 39 heteroatoms. The number of aliphatic hydroxyl groups excluding tert-OH is 5. The summed E-state index contributed by atoms with van der Waals surface area (Å²) in [5.41, 5.74) is 5.28. The number of carbonyl (C=O) groups is 8. The second-order valence-corrected chi connectivity index (χ2v) is 35.3. The van der Waals surface area contributed by atoms with Crippen molar-refractivity contribution in [2.24, 2.45) is 11.7 Å². The molecule has 674 valence electrons. The Morgan fingerprint density at radius 3 is 1.84 bits per heavy atom. The number of rotatable bonds is 20. The number of nitrogens with one attached hydrogen (secondary N) is 8. The van der Waals surface area contributed by atoms with Gasteiger partial charge >= 0.3 is 5.97 Å². The van der Waals surface area contributed by atoms with Gasteiger partial charge < -0.3 is 123 Å². The average molecular weight is 1830 g/mol. The monoisotopic (exact) mass is 1830 g/mol. The SMILES string of the molecule is CN[C@H](CC(C)C)C(=O)N[C@H]1C(=O)N[C@@H](CC(N)=O)C(=O)N[C@H]2C(=O)N[C@H]3C(=O)N[C@H](C(=O)N[C@@H](C(=O)O)c4cc(O)cc(O)c4-c4cc3ccc4O)[C@H](O)c3ccc(c(Cl)c3)Oc3cc2cc(c3OC2OC(COS(=O)(=O)c3c(C)cc(C)cc3C)C(O)C(O)C2OC2CC(C)(NCc3ccc(-c4ccc(Cl)cc4)cc3)C(O)C(C)O2)Oc2ccc(cc2Cl)[C@H]1O. The minimum Gasteiger partial charge on any atom is -0.508 e. The van der Waals surface area contributed by atoms with Gasteiger partial charge in [0.1, 0.15) is 89.5 Å². The minimum absolute atomic E-state index is 0.131. The molecular formula is C88H94Cl3N9O26S. The van der Waals surface area contributed by atoms with E-state index in [4.69, 9.17) is 73.1 Å². The van der Waals surface area contributed by atoms with E-state index < -0.39 is 258 Å². The number of carbonyl (C=O) groups excluding carboxylic acids is 7. The van der Waals surface area contributed by atoms with Crippen molar-refractivity contribution in [2.45, 2.75) is 188 Å². The molecule has 2 saturated heterocycles. The number of carboxylic acids is 1. The fraction of sp³-hybridized carbons (Fsp3) is 0.364. The lowest BCUT2D eigenvalue weighted by molar-refractivity contribution is -0.334. The molecule has 0 saturated carbocycles. The second kappa shape index (κ2) is 38.3. The molecule has 7 amide bonds. The number of nitrogens with two attached hydrogens (primary N) is 1. The van der Waals surface area contributed by atoms with E-state index in [0.29, 0.717) is 10.6 Å². The van der Waals surface area contributed by atoms with E-state index >= 15 is 24.0 Å². The number of carboxylic acid groups (broad SMARTS) is 1. The van der Waals surface area contributed by atoms with Gasteiger partial charge in [-0.25, -0.2) is 4.79 Å². The molecule has 11 bridgehead atoms. The summed E-state index contributed by atoms with van der Waals surface area (Å²) in [5.74, 6) is -16.7. The lowest BCUT2D eigenvalue weighted by Crippen LogP contribution is -2.65. The van der Waals surface area contributed by atoms with Crippen LogP contribution in [-0.4, -0.2) is 194 Å². The summed E-state index contributed by atoms with van der Waals surface area (Å²) in [4.78, 5) is 119. The summed E-state index contributed by atoms with van der Waals surface area (Å²) >= 11 is 20.7. The molecule has 7 heterocycles. The third kappa shape index (κ3) is 20.5. The summed E-state index contributed by atoms with van der Waals surface area (Å²) in [6.07, 6.45) is -20.1. The van der Waals surface area contributed by atoms with Crippen molar-refractivity contribution in [3.05, 3.63) is 205 Å². The van der Waals surface area contributed by atoms with Crippen LogP contribution in [-0.2, 0) is 73.4 Å². The number of likely N-dealkylation sites (N-methyl/N-ethyl adjacent to an activating group) is 1. The Morgan fingerprint density at radius 2 is 1.24 bits per heavy atom. The van der Waals surface area contributed by atoms with Crippen molar-refractivity contribution in [2.75, 3.05) is 13.7 Å². The van der Waals surface area contributed by atoms with Crippen molar-refractivity contribution in [1.82, 2.24) is 42.5 Å². The third-order valence-electron chi connectivity index (χ3n) is 22.6. The van der Waals surface area contributed by atoms with Crippen LogP contribution in [0.2, 0.25) is 15.1 Å². The van der Waals surface area contributed by atoms with E-state index in [-0.39, 0.29) is 58.0 Å². The van der Waals surface area contributed by atoms with E-state index in [1.807, 2.05) is 50.2 Å². The van der Waals surface area contributed by atoms with Gasteiger partial charge in [0.2, 0.25) is 53.4 Å². The summed E-state index contributed by atoms with van der Waals surface area (Å²) < 4.78 is 75.0. The van der Waals surface area contributed by atoms with Crippen LogP contribution in [0.4, 0.5) is 0 Å². The lowest BCUT2D eigenvalue weighted by Gasteiger charge is -2.48. The van der Waals surface area contributed by atoms with Crippen LogP contribution in [0.15, 0.2) is 144 Å². The number of halogens is 3. The molecule has 127 heavy (non-hydrogen) atoms. The smallest absolute Gasteiger partial charge is 0.330 e. The van der Waals surface area contributed by atoms with Crippen LogP contribution >= 0.6 is 34.8 Å². The predicted molar refractivity (Wildman–Crippen MR) is 456 cm³/mol. The largest absolute Gasteiger partial charge is 0.508 e. The molecule has 2 fully saturated rings. The Balaban J connectivity index is 1.01. The number of phenolic OH excluding ortho intramolecular Hbond substituents is 3. The highest BCUT2D eigenvalue weighted by atomic mass is 35.5. The maximum absolute atomic E-state index is 16.4. The van der Waals surface area contributed by atoms with Crippen molar-refractivity contribution >= 4 is 92.2 Å². The number of benzene rings is 8. The van der Waals surface area contributed by atoms with E-state index in [0.717, 1.165) is 83.4 Å². The number of aliphatic hydroxyl groups is 5. The van der Waals surface area contributed by atoms with Crippen molar-refractivity contribution in [3.8, 4) is 68.2 Å². The zero-order valence-corrected chi connectivity index (χ0v) is 72.4. The third-order valence-corrected chi connectivity index (χ3v) is 25.1. The molecule has 19 N–H and O–H groups in total. The fourth-order valence-corrected chi connectivity index (χ4v) is 18.1. The topological polar surface area (TPSA) is 540 Å². The van der Waals surface area contributed by atoms with Crippen molar-refractivity contribution < 1.29 is 125 Å². The number of hydrogen-bond donors (Lipinski definition) is 18. The molecule has 9 unspecified atom stereocenters. The van der Waals surface area contributed by atoms with Crippen LogP contribution in [0.1, 0.15) is 127 Å². The first-order valence-electron chi connectivity index (χ1n) is 40.2. The summed E-state index contributed by atoms with van der Waals surface area (Å²) in [6, 6.07) is 16.8. The Hall–Kier alpha value is -11.3. The van der Waals surface area contributed by atoms with Gasteiger partial charge in [-0.15, -0.1) is 0 Å². The molecule has 0 aromatic heterocycles. The van der Waals surface area contributed by atoms with E-state index in [1.54, 1.807) is 45.0 Å². The first-order chi connectivity index (χ1) is 60.1. The number of fused-ring (bicyclic) bond motifs is 15. The van der Waals surface area contributed by atoms with Gasteiger partial charge in [0.25, 0.3) is 10.1 Å². The first kappa shape index (κ1) is 93.3. The highest BCUT2D eigenvalue weighted by molar-refractivity contribution is 7.86. The quantitative estimate of drug-likeness (QED) is 0.0357. The molecule has 0 spiro atoms. The molecule has 18 atom stereocenters.